The minimum absolute atomic E-state index is 0.0788. The highest BCUT2D eigenvalue weighted by Gasteiger charge is 2.05. The predicted octanol–water partition coefficient (Wildman–Crippen LogP) is 3.89. The third-order valence-electron chi connectivity index (χ3n) is 3.01. The lowest BCUT2D eigenvalue weighted by Gasteiger charge is -2.09. The van der Waals surface area contributed by atoms with E-state index in [4.69, 9.17) is 0 Å². The summed E-state index contributed by atoms with van der Waals surface area (Å²) >= 11 is 0. The van der Waals surface area contributed by atoms with Crippen LogP contribution in [0.4, 0.5) is 17.1 Å². The van der Waals surface area contributed by atoms with Crippen molar-refractivity contribution in [2.75, 3.05) is 5.32 Å². The van der Waals surface area contributed by atoms with Gasteiger partial charge in [0.1, 0.15) is 0 Å². The average molecular weight is 265 g/mol. The largest absolute Gasteiger partial charge is 0.355 e. The number of non-ortho nitro benzene ring substituents is 1. The lowest BCUT2D eigenvalue weighted by molar-refractivity contribution is -0.384. The Morgan fingerprint density at radius 3 is 2.50 bits per heavy atom. The summed E-state index contributed by atoms with van der Waals surface area (Å²) in [5.74, 6) is 0. The first kappa shape index (κ1) is 12.1. The minimum Gasteiger partial charge on any atom is -0.355 e. The van der Waals surface area contributed by atoms with Gasteiger partial charge in [-0.1, -0.05) is 18.2 Å². The number of anilines is 2. The molecule has 0 radical (unpaired) electrons. The van der Waals surface area contributed by atoms with Gasteiger partial charge in [-0.3, -0.25) is 15.1 Å². The van der Waals surface area contributed by atoms with E-state index >= 15 is 0 Å². The molecule has 0 saturated carbocycles. The van der Waals surface area contributed by atoms with E-state index < -0.39 is 4.92 Å². The Morgan fingerprint density at radius 1 is 1.00 bits per heavy atom. The van der Waals surface area contributed by atoms with Gasteiger partial charge in [0, 0.05) is 35.1 Å². The fourth-order valence-corrected chi connectivity index (χ4v) is 2.03. The number of rotatable bonds is 3. The van der Waals surface area contributed by atoms with Crippen LogP contribution in [0.15, 0.2) is 60.8 Å². The number of nitro benzene ring substituents is 1. The number of para-hydroxylation sites is 1. The van der Waals surface area contributed by atoms with Crippen LogP contribution in [0.5, 0.6) is 0 Å². The molecule has 0 amide bonds. The molecule has 1 heterocycles. The quantitative estimate of drug-likeness (QED) is 0.576. The number of nitro groups is 1. The summed E-state index contributed by atoms with van der Waals surface area (Å²) in [5.41, 5.74) is 2.70. The molecule has 0 bridgehead atoms. The van der Waals surface area contributed by atoms with Crippen molar-refractivity contribution in [2.45, 2.75) is 0 Å². The Kier molecular flexibility index (Phi) is 3.01. The number of fused-ring (bicyclic) bond motifs is 1. The molecular formula is C15H11N3O2. The van der Waals surface area contributed by atoms with Crippen molar-refractivity contribution in [1.29, 1.82) is 0 Å². The van der Waals surface area contributed by atoms with Crippen LogP contribution in [0, 0.1) is 10.1 Å². The molecule has 2 aromatic carbocycles. The predicted molar refractivity (Wildman–Crippen MR) is 78.1 cm³/mol. The number of pyridine rings is 1. The molecule has 20 heavy (non-hydrogen) atoms. The Labute approximate surface area is 115 Å². The van der Waals surface area contributed by atoms with Gasteiger partial charge in [-0.25, -0.2) is 0 Å². The second kappa shape index (κ2) is 4.97. The zero-order valence-corrected chi connectivity index (χ0v) is 10.5. The van der Waals surface area contributed by atoms with E-state index in [1.165, 1.54) is 12.1 Å². The molecule has 0 fully saturated rings. The van der Waals surface area contributed by atoms with Crippen LogP contribution in [-0.4, -0.2) is 9.91 Å². The van der Waals surface area contributed by atoms with Crippen molar-refractivity contribution in [1.82, 2.24) is 4.98 Å². The van der Waals surface area contributed by atoms with Crippen LogP contribution in [0.25, 0.3) is 10.9 Å². The summed E-state index contributed by atoms with van der Waals surface area (Å²) in [6.07, 6.45) is 1.73. The summed E-state index contributed by atoms with van der Waals surface area (Å²) in [5, 5.41) is 14.9. The van der Waals surface area contributed by atoms with Gasteiger partial charge < -0.3 is 5.32 Å². The summed E-state index contributed by atoms with van der Waals surface area (Å²) in [6.45, 7) is 0. The smallest absolute Gasteiger partial charge is 0.269 e. The molecule has 3 rings (SSSR count). The van der Waals surface area contributed by atoms with Crippen LogP contribution in [0.2, 0.25) is 0 Å². The van der Waals surface area contributed by atoms with Gasteiger partial charge in [0.25, 0.3) is 5.69 Å². The van der Waals surface area contributed by atoms with Crippen molar-refractivity contribution in [3.8, 4) is 0 Å². The molecule has 0 saturated heterocycles. The van der Waals surface area contributed by atoms with Crippen LogP contribution in [0.1, 0.15) is 0 Å². The Bertz CT molecular complexity index is 764. The molecular weight excluding hydrogens is 254 g/mol. The SMILES string of the molecule is O=[N+]([O-])c1ccc(Nc2ccnc3ccccc23)cc1. The molecule has 0 atom stereocenters. The molecule has 0 unspecified atom stereocenters. The van der Waals surface area contributed by atoms with Gasteiger partial charge in [-0.2, -0.15) is 0 Å². The molecule has 0 spiro atoms. The number of nitrogens with zero attached hydrogens (tertiary/aromatic N) is 2. The first-order valence-corrected chi connectivity index (χ1v) is 6.09. The molecule has 0 aliphatic carbocycles. The number of hydrogen-bond donors (Lipinski definition) is 1. The molecule has 5 heteroatoms. The Morgan fingerprint density at radius 2 is 1.75 bits per heavy atom. The maximum Gasteiger partial charge on any atom is 0.269 e. The molecule has 1 N–H and O–H groups in total. The third kappa shape index (κ3) is 2.29. The topological polar surface area (TPSA) is 68.1 Å². The Balaban J connectivity index is 1.95. The number of aromatic nitrogens is 1. The van der Waals surface area contributed by atoms with Crippen LogP contribution in [-0.2, 0) is 0 Å². The standard InChI is InChI=1S/C15H11N3O2/c19-18(20)12-7-5-11(6-8-12)17-15-9-10-16-14-4-2-1-3-13(14)15/h1-10H,(H,16,17). The van der Waals surface area contributed by atoms with Gasteiger partial charge >= 0.3 is 0 Å². The Hall–Kier alpha value is -2.95. The maximum absolute atomic E-state index is 10.6. The number of nitrogens with one attached hydrogen (secondary N) is 1. The monoisotopic (exact) mass is 265 g/mol. The van der Waals surface area contributed by atoms with Crippen molar-refractivity contribution in [3.63, 3.8) is 0 Å². The first-order chi connectivity index (χ1) is 9.74. The lowest BCUT2D eigenvalue weighted by atomic mass is 10.2. The van der Waals surface area contributed by atoms with E-state index in [-0.39, 0.29) is 5.69 Å². The second-order valence-electron chi connectivity index (χ2n) is 4.30. The molecule has 1 aromatic heterocycles. The highest BCUT2D eigenvalue weighted by atomic mass is 16.6. The first-order valence-electron chi connectivity index (χ1n) is 6.09. The number of benzene rings is 2. The van der Waals surface area contributed by atoms with E-state index in [1.807, 2.05) is 30.3 Å². The fraction of sp³-hybridized carbons (Fsp3) is 0. The average Bonchev–Trinajstić information content (AvgIpc) is 2.48. The summed E-state index contributed by atoms with van der Waals surface area (Å²) < 4.78 is 0. The van der Waals surface area contributed by atoms with Gasteiger partial charge in [0.05, 0.1) is 10.4 Å². The van der Waals surface area contributed by atoms with Gasteiger partial charge in [0.2, 0.25) is 0 Å². The summed E-state index contributed by atoms with van der Waals surface area (Å²) in [6, 6.07) is 16.0. The highest BCUT2D eigenvalue weighted by molar-refractivity contribution is 5.92. The highest BCUT2D eigenvalue weighted by Crippen LogP contribution is 2.25. The van der Waals surface area contributed by atoms with Gasteiger partial charge in [-0.05, 0) is 24.3 Å². The maximum atomic E-state index is 10.6. The van der Waals surface area contributed by atoms with Crippen LogP contribution in [0.3, 0.4) is 0 Å². The van der Waals surface area contributed by atoms with Gasteiger partial charge in [-0.15, -0.1) is 0 Å². The lowest BCUT2D eigenvalue weighted by Crippen LogP contribution is -1.93. The molecule has 98 valence electrons. The second-order valence-corrected chi connectivity index (χ2v) is 4.30. The van der Waals surface area contributed by atoms with E-state index in [0.29, 0.717) is 0 Å². The minimum atomic E-state index is -0.411. The van der Waals surface area contributed by atoms with Crippen LogP contribution >= 0.6 is 0 Å². The van der Waals surface area contributed by atoms with Crippen molar-refractivity contribution < 1.29 is 4.92 Å². The van der Waals surface area contributed by atoms with Crippen molar-refractivity contribution in [2.24, 2.45) is 0 Å². The van der Waals surface area contributed by atoms with Crippen molar-refractivity contribution in [3.05, 3.63) is 70.9 Å². The van der Waals surface area contributed by atoms with E-state index in [1.54, 1.807) is 18.3 Å². The zero-order chi connectivity index (χ0) is 13.9. The molecule has 5 nitrogen and oxygen atoms in total. The summed E-state index contributed by atoms with van der Waals surface area (Å²) in [4.78, 5) is 14.5. The van der Waals surface area contributed by atoms with E-state index in [0.717, 1.165) is 22.3 Å². The third-order valence-corrected chi connectivity index (χ3v) is 3.01. The zero-order valence-electron chi connectivity index (χ0n) is 10.5. The molecule has 0 aliphatic rings. The normalized spacial score (nSPS) is 10.4. The fourth-order valence-electron chi connectivity index (χ4n) is 2.03. The van der Waals surface area contributed by atoms with E-state index in [9.17, 15) is 10.1 Å². The molecule has 3 aromatic rings. The van der Waals surface area contributed by atoms with Crippen molar-refractivity contribution >= 4 is 28.0 Å². The number of hydrogen-bond acceptors (Lipinski definition) is 4. The van der Waals surface area contributed by atoms with E-state index in [2.05, 4.69) is 10.3 Å². The summed E-state index contributed by atoms with van der Waals surface area (Å²) in [7, 11) is 0. The molecule has 0 aliphatic heterocycles. The van der Waals surface area contributed by atoms with Gasteiger partial charge in [0.15, 0.2) is 0 Å². The van der Waals surface area contributed by atoms with Crippen LogP contribution < -0.4 is 5.32 Å².